The van der Waals surface area contributed by atoms with E-state index in [4.69, 9.17) is 10.8 Å². The summed E-state index contributed by atoms with van der Waals surface area (Å²) >= 11 is 0. The summed E-state index contributed by atoms with van der Waals surface area (Å²) in [7, 11) is 0. The molecule has 2 aromatic rings. The molecular formula is C15H22N2O. The third kappa shape index (κ3) is 2.28. The quantitative estimate of drug-likeness (QED) is 0.849. The Morgan fingerprint density at radius 2 is 2.06 bits per heavy atom. The predicted octanol–water partition coefficient (Wildman–Crippen LogP) is 2.14. The number of hydrogen-bond donors (Lipinski definition) is 2. The molecular weight excluding hydrogens is 224 g/mol. The van der Waals surface area contributed by atoms with Crippen molar-refractivity contribution in [1.29, 1.82) is 0 Å². The number of aliphatic hydroxyl groups excluding tert-OH is 1. The number of fused-ring (bicyclic) bond motifs is 1. The number of aryl methyl sites for hydroxylation is 2. The molecule has 0 saturated carbocycles. The fourth-order valence-corrected chi connectivity index (χ4v) is 2.65. The maximum absolute atomic E-state index is 9.03. The first-order valence-electron chi connectivity index (χ1n) is 6.58. The minimum atomic E-state index is 0.245. The summed E-state index contributed by atoms with van der Waals surface area (Å²) in [5.74, 6) is 0. The van der Waals surface area contributed by atoms with Gasteiger partial charge in [-0.2, -0.15) is 0 Å². The molecule has 0 saturated heterocycles. The van der Waals surface area contributed by atoms with Crippen LogP contribution in [-0.2, 0) is 13.0 Å². The van der Waals surface area contributed by atoms with Crippen LogP contribution in [0.25, 0.3) is 10.9 Å². The number of nitrogens with two attached hydrogens (primary N) is 1. The first-order valence-corrected chi connectivity index (χ1v) is 6.58. The first-order chi connectivity index (χ1) is 8.69. The van der Waals surface area contributed by atoms with Crippen LogP contribution in [0.4, 0.5) is 0 Å². The topological polar surface area (TPSA) is 51.2 Å². The molecule has 2 rings (SSSR count). The fraction of sp³-hybridized carbons (Fsp3) is 0.467. The van der Waals surface area contributed by atoms with Gasteiger partial charge in [-0.15, -0.1) is 0 Å². The normalized spacial score (nSPS) is 11.3. The maximum atomic E-state index is 9.03. The molecule has 98 valence electrons. The molecule has 0 radical (unpaired) electrons. The van der Waals surface area contributed by atoms with Crippen molar-refractivity contribution in [2.75, 3.05) is 13.2 Å². The van der Waals surface area contributed by atoms with Crippen molar-refractivity contribution in [1.82, 2.24) is 4.57 Å². The van der Waals surface area contributed by atoms with Crippen molar-refractivity contribution >= 4 is 10.9 Å². The minimum absolute atomic E-state index is 0.245. The maximum Gasteiger partial charge on any atom is 0.0485 e. The zero-order valence-electron chi connectivity index (χ0n) is 11.2. The van der Waals surface area contributed by atoms with Crippen molar-refractivity contribution in [3.8, 4) is 0 Å². The van der Waals surface area contributed by atoms with Crippen LogP contribution in [0.1, 0.15) is 23.2 Å². The Balaban J connectivity index is 2.59. The van der Waals surface area contributed by atoms with Crippen molar-refractivity contribution in [2.24, 2.45) is 5.73 Å². The Morgan fingerprint density at radius 1 is 1.28 bits per heavy atom. The highest BCUT2D eigenvalue weighted by molar-refractivity contribution is 5.86. The van der Waals surface area contributed by atoms with Crippen molar-refractivity contribution < 1.29 is 5.11 Å². The van der Waals surface area contributed by atoms with E-state index in [1.165, 1.54) is 27.7 Å². The van der Waals surface area contributed by atoms with E-state index in [0.29, 0.717) is 6.54 Å². The lowest BCUT2D eigenvalue weighted by Gasteiger charge is -2.06. The molecule has 0 fully saturated rings. The summed E-state index contributed by atoms with van der Waals surface area (Å²) in [6, 6.07) is 6.56. The average molecular weight is 246 g/mol. The lowest BCUT2D eigenvalue weighted by molar-refractivity contribution is 0.288. The fourth-order valence-electron chi connectivity index (χ4n) is 2.65. The Morgan fingerprint density at radius 3 is 2.72 bits per heavy atom. The first kappa shape index (κ1) is 13.1. The van der Waals surface area contributed by atoms with Crippen molar-refractivity contribution in [3.05, 3.63) is 35.0 Å². The van der Waals surface area contributed by atoms with E-state index in [0.717, 1.165) is 19.4 Å². The van der Waals surface area contributed by atoms with Gasteiger partial charge in [-0.25, -0.2) is 0 Å². The smallest absolute Gasteiger partial charge is 0.0485 e. The van der Waals surface area contributed by atoms with Gasteiger partial charge in [0.1, 0.15) is 0 Å². The second-order valence-corrected chi connectivity index (χ2v) is 4.85. The van der Waals surface area contributed by atoms with Crippen LogP contribution in [0.2, 0.25) is 0 Å². The van der Waals surface area contributed by atoms with Gasteiger partial charge in [0.15, 0.2) is 0 Å². The molecule has 1 aromatic heterocycles. The molecule has 1 heterocycles. The molecule has 0 unspecified atom stereocenters. The van der Waals surface area contributed by atoms with Gasteiger partial charge in [-0.05, 0) is 44.4 Å². The van der Waals surface area contributed by atoms with E-state index in [-0.39, 0.29) is 6.61 Å². The highest BCUT2D eigenvalue weighted by Crippen LogP contribution is 2.27. The summed E-state index contributed by atoms with van der Waals surface area (Å²) in [5.41, 5.74) is 10.9. The van der Waals surface area contributed by atoms with E-state index in [9.17, 15) is 0 Å². The lowest BCUT2D eigenvalue weighted by Crippen LogP contribution is -2.11. The summed E-state index contributed by atoms with van der Waals surface area (Å²) in [4.78, 5) is 0. The van der Waals surface area contributed by atoms with E-state index in [1.807, 2.05) is 0 Å². The number of nitrogens with zero attached hydrogens (tertiary/aromatic N) is 1. The number of hydrogen-bond acceptors (Lipinski definition) is 2. The lowest BCUT2D eigenvalue weighted by atomic mass is 10.0. The summed E-state index contributed by atoms with van der Waals surface area (Å²) in [5, 5.41) is 10.3. The van der Waals surface area contributed by atoms with Crippen LogP contribution in [0.5, 0.6) is 0 Å². The largest absolute Gasteiger partial charge is 0.396 e. The van der Waals surface area contributed by atoms with Crippen LogP contribution in [-0.4, -0.2) is 22.8 Å². The van der Waals surface area contributed by atoms with Gasteiger partial charge >= 0.3 is 0 Å². The third-order valence-electron chi connectivity index (χ3n) is 3.55. The Bertz CT molecular complexity index is 543. The highest BCUT2D eigenvalue weighted by atomic mass is 16.2. The predicted molar refractivity (Wildman–Crippen MR) is 75.9 cm³/mol. The molecule has 18 heavy (non-hydrogen) atoms. The molecule has 0 aliphatic rings. The molecule has 0 aliphatic carbocycles. The average Bonchev–Trinajstić information content (AvgIpc) is 2.60. The van der Waals surface area contributed by atoms with Crippen LogP contribution in [0.3, 0.4) is 0 Å². The monoisotopic (exact) mass is 246 g/mol. The van der Waals surface area contributed by atoms with Gasteiger partial charge in [0, 0.05) is 36.3 Å². The third-order valence-corrected chi connectivity index (χ3v) is 3.55. The second-order valence-electron chi connectivity index (χ2n) is 4.85. The number of benzene rings is 1. The van der Waals surface area contributed by atoms with Gasteiger partial charge in [0.05, 0.1) is 0 Å². The summed E-state index contributed by atoms with van der Waals surface area (Å²) < 4.78 is 2.29. The van der Waals surface area contributed by atoms with Gasteiger partial charge in [0.2, 0.25) is 0 Å². The number of rotatable bonds is 5. The van der Waals surface area contributed by atoms with Gasteiger partial charge in [0.25, 0.3) is 0 Å². The van der Waals surface area contributed by atoms with Gasteiger partial charge in [-0.1, -0.05) is 11.6 Å². The molecule has 3 N–H and O–H groups in total. The Labute approximate surface area is 108 Å². The van der Waals surface area contributed by atoms with E-state index < -0.39 is 0 Å². The standard InChI is InChI=1S/C15H22N2O/c1-11-5-6-15-14(10-11)13(4-3-9-18)12(2)17(15)8-7-16/h5-6,10,18H,3-4,7-9,16H2,1-2H3. The summed E-state index contributed by atoms with van der Waals surface area (Å²) in [6.45, 7) is 6.01. The summed E-state index contributed by atoms with van der Waals surface area (Å²) in [6.07, 6.45) is 1.75. The van der Waals surface area contributed by atoms with E-state index in [1.54, 1.807) is 0 Å². The molecule has 1 aromatic carbocycles. The van der Waals surface area contributed by atoms with Crippen molar-refractivity contribution in [3.63, 3.8) is 0 Å². The highest BCUT2D eigenvalue weighted by Gasteiger charge is 2.13. The van der Waals surface area contributed by atoms with Gasteiger partial charge in [-0.3, -0.25) is 0 Å². The van der Waals surface area contributed by atoms with Crippen LogP contribution in [0.15, 0.2) is 18.2 Å². The van der Waals surface area contributed by atoms with Crippen molar-refractivity contribution in [2.45, 2.75) is 33.2 Å². The molecule has 0 aliphatic heterocycles. The van der Waals surface area contributed by atoms with Crippen LogP contribution >= 0.6 is 0 Å². The minimum Gasteiger partial charge on any atom is -0.396 e. The van der Waals surface area contributed by atoms with Gasteiger partial charge < -0.3 is 15.4 Å². The molecule has 0 spiro atoms. The molecule has 3 heteroatoms. The molecule has 3 nitrogen and oxygen atoms in total. The zero-order valence-corrected chi connectivity index (χ0v) is 11.2. The van der Waals surface area contributed by atoms with Crippen LogP contribution < -0.4 is 5.73 Å². The van der Waals surface area contributed by atoms with Crippen LogP contribution in [0, 0.1) is 13.8 Å². The molecule has 0 bridgehead atoms. The zero-order chi connectivity index (χ0) is 13.1. The molecule has 0 atom stereocenters. The number of aromatic nitrogens is 1. The second kappa shape index (κ2) is 5.55. The molecule has 0 amide bonds. The number of aliphatic hydroxyl groups is 1. The Hall–Kier alpha value is -1.32. The van der Waals surface area contributed by atoms with E-state index >= 15 is 0 Å². The van der Waals surface area contributed by atoms with E-state index in [2.05, 4.69) is 36.6 Å². The SMILES string of the molecule is Cc1ccc2c(c1)c(CCCO)c(C)n2CCN. The Kier molecular flexibility index (Phi) is 4.04.